The van der Waals surface area contributed by atoms with Gasteiger partial charge >= 0.3 is 0 Å². The molecule has 118 valence electrons. The van der Waals surface area contributed by atoms with Crippen LogP contribution in [0.5, 0.6) is 0 Å². The Labute approximate surface area is 136 Å². The molecule has 1 atom stereocenters. The quantitative estimate of drug-likeness (QED) is 0.946. The Bertz CT molecular complexity index is 695. The standard InChI is InChI=1S/C19H20N2O2/c1-14-9-11-15(12-10-14)19(23)21-13-5-8-17(21)18(22)20-16-6-3-2-4-7-16/h2-4,6-7,9-12,17H,5,8,13H2,1H3,(H,20,22)/t17-/m1/s1. The highest BCUT2D eigenvalue weighted by atomic mass is 16.2. The molecule has 1 aliphatic rings. The minimum absolute atomic E-state index is 0.0734. The van der Waals surface area contributed by atoms with Crippen molar-refractivity contribution in [2.45, 2.75) is 25.8 Å². The van der Waals surface area contributed by atoms with Crippen LogP contribution < -0.4 is 5.32 Å². The van der Waals surface area contributed by atoms with Gasteiger partial charge in [-0.2, -0.15) is 0 Å². The van der Waals surface area contributed by atoms with Crippen molar-refractivity contribution in [3.63, 3.8) is 0 Å². The van der Waals surface area contributed by atoms with Crippen LogP contribution in [0.15, 0.2) is 54.6 Å². The molecule has 0 radical (unpaired) electrons. The number of nitrogens with one attached hydrogen (secondary N) is 1. The molecule has 0 spiro atoms. The van der Waals surface area contributed by atoms with Gasteiger partial charge < -0.3 is 10.2 Å². The van der Waals surface area contributed by atoms with E-state index in [4.69, 9.17) is 0 Å². The Balaban J connectivity index is 1.73. The van der Waals surface area contributed by atoms with E-state index < -0.39 is 6.04 Å². The largest absolute Gasteiger partial charge is 0.327 e. The average Bonchev–Trinajstić information content (AvgIpc) is 3.05. The van der Waals surface area contributed by atoms with E-state index in [1.54, 1.807) is 4.90 Å². The number of likely N-dealkylation sites (tertiary alicyclic amines) is 1. The molecule has 2 amide bonds. The molecule has 0 unspecified atom stereocenters. The van der Waals surface area contributed by atoms with E-state index in [-0.39, 0.29) is 11.8 Å². The number of anilines is 1. The van der Waals surface area contributed by atoms with E-state index in [9.17, 15) is 9.59 Å². The van der Waals surface area contributed by atoms with Crippen molar-refractivity contribution in [2.24, 2.45) is 0 Å². The fourth-order valence-electron chi connectivity index (χ4n) is 2.89. The summed E-state index contributed by atoms with van der Waals surface area (Å²) in [6, 6.07) is 16.4. The van der Waals surface area contributed by atoms with Crippen molar-refractivity contribution >= 4 is 17.5 Å². The van der Waals surface area contributed by atoms with Gasteiger partial charge in [0, 0.05) is 17.8 Å². The van der Waals surface area contributed by atoms with E-state index >= 15 is 0 Å². The molecule has 1 N–H and O–H groups in total. The van der Waals surface area contributed by atoms with Crippen molar-refractivity contribution in [2.75, 3.05) is 11.9 Å². The minimum atomic E-state index is -0.399. The van der Waals surface area contributed by atoms with Gasteiger partial charge in [-0.3, -0.25) is 9.59 Å². The van der Waals surface area contributed by atoms with Gasteiger partial charge in [0.15, 0.2) is 0 Å². The summed E-state index contributed by atoms with van der Waals surface area (Å²) in [5.74, 6) is -0.190. The predicted molar refractivity (Wildman–Crippen MR) is 90.3 cm³/mol. The molecule has 1 aliphatic heterocycles. The topological polar surface area (TPSA) is 49.4 Å². The molecule has 4 nitrogen and oxygen atoms in total. The van der Waals surface area contributed by atoms with E-state index in [0.29, 0.717) is 18.5 Å². The van der Waals surface area contributed by atoms with Gasteiger partial charge in [0.25, 0.3) is 5.91 Å². The van der Waals surface area contributed by atoms with Gasteiger partial charge in [-0.1, -0.05) is 35.9 Å². The number of carbonyl (C=O) groups excluding carboxylic acids is 2. The number of nitrogens with zero attached hydrogens (tertiary/aromatic N) is 1. The first kappa shape index (κ1) is 15.3. The molecule has 4 heteroatoms. The number of rotatable bonds is 3. The maximum Gasteiger partial charge on any atom is 0.254 e. The molecule has 2 aromatic rings. The van der Waals surface area contributed by atoms with Gasteiger partial charge in [0.2, 0.25) is 5.91 Å². The predicted octanol–water partition coefficient (Wildman–Crippen LogP) is 3.24. The van der Waals surface area contributed by atoms with Gasteiger partial charge in [0.05, 0.1) is 0 Å². The van der Waals surface area contributed by atoms with Gasteiger partial charge in [-0.15, -0.1) is 0 Å². The van der Waals surface area contributed by atoms with E-state index in [0.717, 1.165) is 17.7 Å². The minimum Gasteiger partial charge on any atom is -0.327 e. The molecule has 23 heavy (non-hydrogen) atoms. The van der Waals surface area contributed by atoms with E-state index in [1.807, 2.05) is 61.5 Å². The number of para-hydroxylation sites is 1. The highest BCUT2D eigenvalue weighted by Gasteiger charge is 2.34. The smallest absolute Gasteiger partial charge is 0.254 e. The summed E-state index contributed by atoms with van der Waals surface area (Å²) in [5.41, 5.74) is 2.50. The summed E-state index contributed by atoms with van der Waals surface area (Å²) < 4.78 is 0. The average molecular weight is 308 g/mol. The summed E-state index contributed by atoms with van der Waals surface area (Å²) in [6.45, 7) is 2.61. The zero-order valence-corrected chi connectivity index (χ0v) is 13.2. The van der Waals surface area contributed by atoms with Gasteiger partial charge in [-0.25, -0.2) is 0 Å². The van der Waals surface area contributed by atoms with Crippen LogP contribution in [0.1, 0.15) is 28.8 Å². The maximum atomic E-state index is 12.7. The van der Waals surface area contributed by atoms with Crippen LogP contribution in [-0.2, 0) is 4.79 Å². The first-order chi connectivity index (χ1) is 11.1. The normalized spacial score (nSPS) is 17.1. The van der Waals surface area contributed by atoms with Crippen LogP contribution in [0.25, 0.3) is 0 Å². The molecule has 1 heterocycles. The number of hydrogen-bond donors (Lipinski definition) is 1. The molecular formula is C19H20N2O2. The Morgan fingerprint density at radius 2 is 1.74 bits per heavy atom. The summed E-state index contributed by atoms with van der Waals surface area (Å²) in [6.07, 6.45) is 1.56. The zero-order valence-electron chi connectivity index (χ0n) is 13.2. The number of benzene rings is 2. The highest BCUT2D eigenvalue weighted by molar-refractivity contribution is 6.01. The van der Waals surface area contributed by atoms with Crippen LogP contribution in [0, 0.1) is 6.92 Å². The van der Waals surface area contributed by atoms with Crippen molar-refractivity contribution < 1.29 is 9.59 Å². The fraction of sp³-hybridized carbons (Fsp3) is 0.263. The Morgan fingerprint density at radius 3 is 2.43 bits per heavy atom. The summed E-state index contributed by atoms with van der Waals surface area (Å²) in [4.78, 5) is 26.9. The molecule has 0 aromatic heterocycles. The molecule has 1 saturated heterocycles. The van der Waals surface area contributed by atoms with Crippen molar-refractivity contribution in [1.29, 1.82) is 0 Å². The fourth-order valence-corrected chi connectivity index (χ4v) is 2.89. The van der Waals surface area contributed by atoms with Crippen LogP contribution in [-0.4, -0.2) is 29.3 Å². The van der Waals surface area contributed by atoms with Crippen LogP contribution >= 0.6 is 0 Å². The molecule has 3 rings (SSSR count). The van der Waals surface area contributed by atoms with Crippen molar-refractivity contribution in [3.8, 4) is 0 Å². The summed E-state index contributed by atoms with van der Waals surface area (Å²) >= 11 is 0. The Morgan fingerprint density at radius 1 is 1.04 bits per heavy atom. The first-order valence-corrected chi connectivity index (χ1v) is 7.89. The first-order valence-electron chi connectivity index (χ1n) is 7.89. The lowest BCUT2D eigenvalue weighted by molar-refractivity contribution is -0.119. The lowest BCUT2D eigenvalue weighted by Crippen LogP contribution is -2.43. The number of aryl methyl sites for hydroxylation is 1. The number of amides is 2. The third-order valence-electron chi connectivity index (χ3n) is 4.16. The highest BCUT2D eigenvalue weighted by Crippen LogP contribution is 2.22. The lowest BCUT2D eigenvalue weighted by Gasteiger charge is -2.24. The van der Waals surface area contributed by atoms with Crippen LogP contribution in [0.2, 0.25) is 0 Å². The second kappa shape index (κ2) is 6.65. The van der Waals surface area contributed by atoms with Crippen LogP contribution in [0.4, 0.5) is 5.69 Å². The van der Waals surface area contributed by atoms with Crippen molar-refractivity contribution in [1.82, 2.24) is 4.90 Å². The van der Waals surface area contributed by atoms with E-state index in [2.05, 4.69) is 5.32 Å². The molecule has 0 bridgehead atoms. The third-order valence-corrected chi connectivity index (χ3v) is 4.16. The molecule has 0 aliphatic carbocycles. The summed E-state index contributed by atoms with van der Waals surface area (Å²) in [7, 11) is 0. The summed E-state index contributed by atoms with van der Waals surface area (Å²) in [5, 5.41) is 2.90. The van der Waals surface area contributed by atoms with Gasteiger partial charge in [0.1, 0.15) is 6.04 Å². The molecule has 2 aromatic carbocycles. The SMILES string of the molecule is Cc1ccc(C(=O)N2CCC[C@@H]2C(=O)Nc2ccccc2)cc1. The Kier molecular flexibility index (Phi) is 4.42. The Hall–Kier alpha value is -2.62. The van der Waals surface area contributed by atoms with Crippen molar-refractivity contribution in [3.05, 3.63) is 65.7 Å². The second-order valence-electron chi connectivity index (χ2n) is 5.88. The third kappa shape index (κ3) is 3.42. The second-order valence-corrected chi connectivity index (χ2v) is 5.88. The number of hydrogen-bond acceptors (Lipinski definition) is 2. The molecule has 0 saturated carbocycles. The van der Waals surface area contributed by atoms with Crippen LogP contribution in [0.3, 0.4) is 0 Å². The molecule has 1 fully saturated rings. The lowest BCUT2D eigenvalue weighted by atomic mass is 10.1. The van der Waals surface area contributed by atoms with Gasteiger partial charge in [-0.05, 0) is 44.0 Å². The number of carbonyl (C=O) groups is 2. The van der Waals surface area contributed by atoms with E-state index in [1.165, 1.54) is 0 Å². The monoisotopic (exact) mass is 308 g/mol. The molecular weight excluding hydrogens is 288 g/mol. The maximum absolute atomic E-state index is 12.7. The zero-order chi connectivity index (χ0) is 16.2.